The predicted octanol–water partition coefficient (Wildman–Crippen LogP) is 2.81. The molecule has 0 spiro atoms. The third-order valence-corrected chi connectivity index (χ3v) is 4.36. The summed E-state index contributed by atoms with van der Waals surface area (Å²) in [4.78, 5) is 4.23. The van der Waals surface area contributed by atoms with Gasteiger partial charge in [0, 0.05) is 6.20 Å². The summed E-state index contributed by atoms with van der Waals surface area (Å²) < 4.78 is 5.24. The summed E-state index contributed by atoms with van der Waals surface area (Å²) in [5, 5.41) is 0. The van der Waals surface area contributed by atoms with Crippen molar-refractivity contribution in [1.82, 2.24) is 10.4 Å². The van der Waals surface area contributed by atoms with Crippen LogP contribution in [0.2, 0.25) is 0 Å². The average Bonchev–Trinajstić information content (AvgIpc) is 2.41. The van der Waals surface area contributed by atoms with Crippen molar-refractivity contribution in [3.63, 3.8) is 0 Å². The zero-order valence-corrected chi connectivity index (χ0v) is 12.1. The molecule has 1 unspecified atom stereocenters. The lowest BCUT2D eigenvalue weighted by Gasteiger charge is -2.37. The van der Waals surface area contributed by atoms with Crippen molar-refractivity contribution < 1.29 is 4.74 Å². The smallest absolute Gasteiger partial charge is 0.137 e. The van der Waals surface area contributed by atoms with Gasteiger partial charge in [0.2, 0.25) is 0 Å². The molecule has 1 aliphatic carbocycles. The molecule has 0 amide bonds. The molecule has 0 aliphatic heterocycles. The Balaban J connectivity index is 2.11. The van der Waals surface area contributed by atoms with Gasteiger partial charge in [-0.15, -0.1) is 0 Å². The van der Waals surface area contributed by atoms with Gasteiger partial charge in [-0.25, -0.2) is 0 Å². The Morgan fingerprint density at radius 1 is 1.37 bits per heavy atom. The number of nitrogens with zero attached hydrogens (tertiary/aromatic N) is 1. The SMILES string of the molecule is COc1cncc(C(NN)C2CCC(C)(C)CC2)c1. The van der Waals surface area contributed by atoms with E-state index in [4.69, 9.17) is 10.6 Å². The minimum Gasteiger partial charge on any atom is -0.495 e. The fourth-order valence-corrected chi connectivity index (χ4v) is 2.98. The van der Waals surface area contributed by atoms with E-state index in [0.717, 1.165) is 11.3 Å². The molecule has 4 heteroatoms. The number of hydrogen-bond acceptors (Lipinski definition) is 4. The Labute approximate surface area is 115 Å². The normalized spacial score (nSPS) is 21.1. The number of rotatable bonds is 4. The number of methoxy groups -OCH3 is 1. The molecular formula is C15H25N3O. The van der Waals surface area contributed by atoms with E-state index in [1.165, 1.54) is 25.7 Å². The van der Waals surface area contributed by atoms with Crippen molar-refractivity contribution in [2.45, 2.75) is 45.6 Å². The number of nitrogens with one attached hydrogen (secondary N) is 1. The monoisotopic (exact) mass is 263 g/mol. The molecule has 19 heavy (non-hydrogen) atoms. The maximum absolute atomic E-state index is 5.78. The molecule has 1 aromatic heterocycles. The fourth-order valence-electron chi connectivity index (χ4n) is 2.98. The maximum Gasteiger partial charge on any atom is 0.137 e. The van der Waals surface area contributed by atoms with Crippen LogP contribution in [-0.4, -0.2) is 12.1 Å². The molecule has 1 fully saturated rings. The maximum atomic E-state index is 5.78. The fraction of sp³-hybridized carbons (Fsp3) is 0.667. The van der Waals surface area contributed by atoms with Crippen molar-refractivity contribution in [3.8, 4) is 5.75 Å². The molecule has 0 bridgehead atoms. The van der Waals surface area contributed by atoms with Crippen molar-refractivity contribution in [1.29, 1.82) is 0 Å². The molecule has 1 saturated carbocycles. The van der Waals surface area contributed by atoms with Crippen LogP contribution < -0.4 is 16.0 Å². The highest BCUT2D eigenvalue weighted by atomic mass is 16.5. The van der Waals surface area contributed by atoms with E-state index in [1.807, 2.05) is 12.3 Å². The topological polar surface area (TPSA) is 60.2 Å². The number of pyridine rings is 1. The average molecular weight is 263 g/mol. The summed E-state index contributed by atoms with van der Waals surface area (Å²) in [6.07, 6.45) is 8.53. The van der Waals surface area contributed by atoms with E-state index in [9.17, 15) is 0 Å². The molecule has 2 rings (SSSR count). The Kier molecular flexibility index (Phi) is 4.42. The van der Waals surface area contributed by atoms with E-state index < -0.39 is 0 Å². The van der Waals surface area contributed by atoms with Crippen LogP contribution in [-0.2, 0) is 0 Å². The molecule has 0 aromatic carbocycles. The molecule has 0 saturated heterocycles. The molecule has 1 heterocycles. The van der Waals surface area contributed by atoms with Gasteiger partial charge < -0.3 is 4.74 Å². The van der Waals surface area contributed by atoms with Crippen LogP contribution in [0.4, 0.5) is 0 Å². The van der Waals surface area contributed by atoms with Gasteiger partial charge in [-0.1, -0.05) is 13.8 Å². The van der Waals surface area contributed by atoms with Crippen LogP contribution in [0, 0.1) is 11.3 Å². The first-order valence-electron chi connectivity index (χ1n) is 7.01. The first-order chi connectivity index (χ1) is 9.05. The van der Waals surface area contributed by atoms with Crippen LogP contribution >= 0.6 is 0 Å². The number of aromatic nitrogens is 1. The van der Waals surface area contributed by atoms with Gasteiger partial charge >= 0.3 is 0 Å². The molecule has 106 valence electrons. The van der Waals surface area contributed by atoms with Crippen LogP contribution in [0.3, 0.4) is 0 Å². The van der Waals surface area contributed by atoms with Gasteiger partial charge in [0.15, 0.2) is 0 Å². The second-order valence-corrected chi connectivity index (χ2v) is 6.30. The van der Waals surface area contributed by atoms with E-state index in [0.29, 0.717) is 11.3 Å². The molecule has 1 atom stereocenters. The third-order valence-electron chi connectivity index (χ3n) is 4.36. The molecule has 1 aromatic rings. The lowest BCUT2D eigenvalue weighted by Crippen LogP contribution is -2.36. The first kappa shape index (κ1) is 14.3. The zero-order valence-electron chi connectivity index (χ0n) is 12.1. The van der Waals surface area contributed by atoms with E-state index in [2.05, 4.69) is 24.3 Å². The Morgan fingerprint density at radius 3 is 2.63 bits per heavy atom. The highest BCUT2D eigenvalue weighted by molar-refractivity contribution is 5.26. The standard InChI is InChI=1S/C15H25N3O/c1-15(2)6-4-11(5-7-15)14(18-16)12-8-13(19-3)10-17-9-12/h8-11,14,18H,4-7,16H2,1-3H3. The highest BCUT2D eigenvalue weighted by Gasteiger charge is 2.31. The quantitative estimate of drug-likeness (QED) is 0.648. The van der Waals surface area contributed by atoms with Gasteiger partial charge in [0.25, 0.3) is 0 Å². The number of hydrogen-bond donors (Lipinski definition) is 2. The largest absolute Gasteiger partial charge is 0.495 e. The van der Waals surface area contributed by atoms with Crippen molar-refractivity contribution in [2.75, 3.05) is 7.11 Å². The third kappa shape index (κ3) is 3.45. The molecular weight excluding hydrogens is 238 g/mol. The van der Waals surface area contributed by atoms with Crippen LogP contribution in [0.1, 0.15) is 51.1 Å². The minimum absolute atomic E-state index is 0.165. The second kappa shape index (κ2) is 5.88. The highest BCUT2D eigenvalue weighted by Crippen LogP contribution is 2.42. The molecule has 3 N–H and O–H groups in total. The van der Waals surface area contributed by atoms with Gasteiger partial charge in [0.05, 0.1) is 19.3 Å². The van der Waals surface area contributed by atoms with Gasteiger partial charge in [-0.05, 0) is 48.6 Å². The number of hydrazine groups is 1. The molecule has 4 nitrogen and oxygen atoms in total. The molecule has 1 aliphatic rings. The van der Waals surface area contributed by atoms with E-state index in [1.54, 1.807) is 13.3 Å². The minimum atomic E-state index is 0.165. The van der Waals surface area contributed by atoms with Crippen LogP contribution in [0.15, 0.2) is 18.5 Å². The van der Waals surface area contributed by atoms with Crippen LogP contribution in [0.5, 0.6) is 5.75 Å². The summed E-state index contributed by atoms with van der Waals surface area (Å²) in [7, 11) is 1.66. The number of ether oxygens (including phenoxy) is 1. The van der Waals surface area contributed by atoms with Crippen LogP contribution in [0.25, 0.3) is 0 Å². The Bertz CT molecular complexity index is 410. The summed E-state index contributed by atoms with van der Waals surface area (Å²) in [5.41, 5.74) is 4.56. The first-order valence-corrected chi connectivity index (χ1v) is 7.01. The van der Waals surface area contributed by atoms with Gasteiger partial charge in [-0.2, -0.15) is 0 Å². The molecule has 0 radical (unpaired) electrons. The predicted molar refractivity (Wildman–Crippen MR) is 76.6 cm³/mol. The zero-order chi connectivity index (χ0) is 13.9. The van der Waals surface area contributed by atoms with Crippen molar-refractivity contribution >= 4 is 0 Å². The van der Waals surface area contributed by atoms with Gasteiger partial charge in [-0.3, -0.25) is 16.3 Å². The summed E-state index contributed by atoms with van der Waals surface area (Å²) in [6.45, 7) is 4.70. The van der Waals surface area contributed by atoms with E-state index >= 15 is 0 Å². The van der Waals surface area contributed by atoms with Crippen molar-refractivity contribution in [3.05, 3.63) is 24.0 Å². The second-order valence-electron chi connectivity index (χ2n) is 6.30. The summed E-state index contributed by atoms with van der Waals surface area (Å²) >= 11 is 0. The summed E-state index contributed by atoms with van der Waals surface area (Å²) in [6, 6.07) is 2.19. The van der Waals surface area contributed by atoms with E-state index in [-0.39, 0.29) is 6.04 Å². The lowest BCUT2D eigenvalue weighted by atomic mass is 9.70. The Morgan fingerprint density at radius 2 is 2.05 bits per heavy atom. The lowest BCUT2D eigenvalue weighted by molar-refractivity contribution is 0.161. The van der Waals surface area contributed by atoms with Gasteiger partial charge in [0.1, 0.15) is 5.75 Å². The van der Waals surface area contributed by atoms with Crippen molar-refractivity contribution in [2.24, 2.45) is 17.2 Å². The Hall–Kier alpha value is -1.13. The summed E-state index contributed by atoms with van der Waals surface area (Å²) in [5.74, 6) is 7.14. The number of nitrogens with two attached hydrogens (primary N) is 1.